The van der Waals surface area contributed by atoms with E-state index in [-0.39, 0.29) is 0 Å². The van der Waals surface area contributed by atoms with Crippen molar-refractivity contribution in [2.45, 2.75) is 14.8 Å². The van der Waals surface area contributed by atoms with Crippen LogP contribution >= 0.6 is 0 Å². The zero-order chi connectivity index (χ0) is 10.9. The summed E-state index contributed by atoms with van der Waals surface area (Å²) in [4.78, 5) is 11.4. The number of aromatic nitrogens is 3. The molecule has 0 atom stereocenters. The van der Waals surface area contributed by atoms with Gasteiger partial charge in [0.2, 0.25) is 0 Å². The molecule has 0 aliphatic carbocycles. The van der Waals surface area contributed by atoms with E-state index in [2.05, 4.69) is 54.3 Å². The van der Waals surface area contributed by atoms with Crippen LogP contribution in [0.3, 0.4) is 0 Å². The van der Waals surface area contributed by atoms with Gasteiger partial charge in [-0.1, -0.05) is 0 Å². The zero-order valence-corrected chi connectivity index (χ0v) is 12.1. The molecular weight excluding hydrogens is 293 g/mol. The molecule has 0 radical (unpaired) electrons. The molecule has 1 N–H and O–H groups in total. The molecule has 2 aromatic rings. The summed E-state index contributed by atoms with van der Waals surface area (Å²) in [7, 11) is 0. The molecule has 4 heteroatoms. The molecule has 0 aliphatic heterocycles. The normalized spacial score (nSPS) is 11.7. The first-order valence-electron chi connectivity index (χ1n) is 5.03. The predicted octanol–water partition coefficient (Wildman–Crippen LogP) is 2.02. The van der Waals surface area contributed by atoms with Crippen molar-refractivity contribution in [3.8, 4) is 11.4 Å². The van der Waals surface area contributed by atoms with E-state index >= 15 is 0 Å². The Kier molecular flexibility index (Phi) is 2.82. The Morgan fingerprint density at radius 1 is 1.20 bits per heavy atom. The summed E-state index contributed by atoms with van der Waals surface area (Å²) in [5.41, 5.74) is 1.14. The van der Waals surface area contributed by atoms with Crippen molar-refractivity contribution in [2.24, 2.45) is 0 Å². The van der Waals surface area contributed by atoms with E-state index in [0.717, 1.165) is 11.4 Å². The van der Waals surface area contributed by atoms with Crippen LogP contribution in [0.5, 0.6) is 0 Å². The number of aromatic amines is 1. The van der Waals surface area contributed by atoms with E-state index in [1.807, 2.05) is 0 Å². The molecule has 2 rings (SSSR count). The number of nitrogens with zero attached hydrogens (tertiary/aromatic N) is 2. The van der Waals surface area contributed by atoms with Crippen molar-refractivity contribution >= 4 is 22.0 Å². The van der Waals surface area contributed by atoms with Crippen LogP contribution in [0.25, 0.3) is 11.4 Å². The number of hydrogen-bond acceptors (Lipinski definition) is 2. The Labute approximate surface area is 93.8 Å². The third kappa shape index (κ3) is 2.39. The first-order chi connectivity index (χ1) is 7.07. The molecule has 3 nitrogen and oxygen atoms in total. The minimum absolute atomic E-state index is 0.854. The zero-order valence-electron chi connectivity index (χ0n) is 9.28. The summed E-state index contributed by atoms with van der Waals surface area (Å²) in [6.45, 7) is 0. The molecular formula is C11H15N3Sn. The number of hydrogen-bond donors (Lipinski definition) is 1. The van der Waals surface area contributed by atoms with Crippen molar-refractivity contribution in [3.05, 3.63) is 30.6 Å². The Hall–Kier alpha value is -0.841. The van der Waals surface area contributed by atoms with Gasteiger partial charge in [0.05, 0.1) is 0 Å². The van der Waals surface area contributed by atoms with Crippen LogP contribution in [0.15, 0.2) is 30.6 Å². The van der Waals surface area contributed by atoms with Gasteiger partial charge in [-0.05, 0) is 0 Å². The molecule has 1 aromatic carbocycles. The maximum atomic E-state index is 4.17. The van der Waals surface area contributed by atoms with Crippen molar-refractivity contribution < 1.29 is 0 Å². The van der Waals surface area contributed by atoms with Crippen LogP contribution in [0.1, 0.15) is 0 Å². The van der Waals surface area contributed by atoms with Gasteiger partial charge in [0.1, 0.15) is 0 Å². The minimum atomic E-state index is -1.96. The number of nitrogens with one attached hydrogen (secondary N) is 1. The van der Waals surface area contributed by atoms with Gasteiger partial charge in [-0.15, -0.1) is 0 Å². The molecule has 1 heterocycles. The molecule has 0 bridgehead atoms. The first kappa shape index (κ1) is 10.7. The molecule has 0 unspecified atom stereocenters. The molecule has 15 heavy (non-hydrogen) atoms. The van der Waals surface area contributed by atoms with Gasteiger partial charge < -0.3 is 0 Å². The molecule has 78 valence electrons. The molecule has 0 saturated carbocycles. The summed E-state index contributed by atoms with van der Waals surface area (Å²) < 4.78 is 1.51. The van der Waals surface area contributed by atoms with Crippen LogP contribution in [0, 0.1) is 0 Å². The second-order valence-corrected chi connectivity index (χ2v) is 19.2. The summed E-state index contributed by atoms with van der Waals surface area (Å²) in [6.07, 6.45) is 1.54. The van der Waals surface area contributed by atoms with Crippen LogP contribution in [-0.2, 0) is 0 Å². The Bertz CT molecular complexity index is 443. The molecule has 0 spiro atoms. The van der Waals surface area contributed by atoms with E-state index in [4.69, 9.17) is 0 Å². The van der Waals surface area contributed by atoms with Gasteiger partial charge in [-0.2, -0.15) is 0 Å². The van der Waals surface area contributed by atoms with E-state index in [1.165, 1.54) is 3.58 Å². The average molecular weight is 308 g/mol. The van der Waals surface area contributed by atoms with E-state index < -0.39 is 18.4 Å². The average Bonchev–Trinajstić information content (AvgIpc) is 2.69. The van der Waals surface area contributed by atoms with Gasteiger partial charge in [0.25, 0.3) is 0 Å². The van der Waals surface area contributed by atoms with Gasteiger partial charge >= 0.3 is 93.9 Å². The van der Waals surface area contributed by atoms with E-state index in [1.54, 1.807) is 6.33 Å². The molecule has 0 saturated heterocycles. The van der Waals surface area contributed by atoms with Crippen molar-refractivity contribution in [3.63, 3.8) is 0 Å². The standard InChI is InChI=1S/C8H6N3.3CH3.Sn/c1-2-4-7(5-3-1)8-9-6-10-11-8;;;;/h1-2,4-6H,(H,9,10,11);3*1H3;. The number of benzene rings is 1. The van der Waals surface area contributed by atoms with E-state index in [0.29, 0.717) is 0 Å². The molecule has 1 aromatic heterocycles. The van der Waals surface area contributed by atoms with Crippen LogP contribution in [-0.4, -0.2) is 33.6 Å². The summed E-state index contributed by atoms with van der Waals surface area (Å²) in [5, 5.41) is 6.77. The fraction of sp³-hybridized carbons (Fsp3) is 0.273. The number of rotatable bonds is 2. The maximum absolute atomic E-state index is 4.17. The Morgan fingerprint density at radius 3 is 2.60 bits per heavy atom. The Morgan fingerprint density at radius 2 is 2.00 bits per heavy atom. The Balaban J connectivity index is 2.44. The molecule has 0 aliphatic rings. The third-order valence-electron chi connectivity index (χ3n) is 2.42. The fourth-order valence-electron chi connectivity index (χ4n) is 1.48. The molecule has 0 fully saturated rings. The van der Waals surface area contributed by atoms with Crippen LogP contribution in [0.2, 0.25) is 14.8 Å². The van der Waals surface area contributed by atoms with Crippen molar-refractivity contribution in [1.82, 2.24) is 15.2 Å². The van der Waals surface area contributed by atoms with Crippen molar-refractivity contribution in [1.29, 1.82) is 0 Å². The first-order valence-corrected chi connectivity index (χ1v) is 15.0. The number of H-pyrrole nitrogens is 1. The van der Waals surface area contributed by atoms with Crippen LogP contribution < -0.4 is 3.58 Å². The van der Waals surface area contributed by atoms with Gasteiger partial charge in [-0.3, -0.25) is 0 Å². The second kappa shape index (κ2) is 3.96. The monoisotopic (exact) mass is 309 g/mol. The predicted molar refractivity (Wildman–Crippen MR) is 64.8 cm³/mol. The fourth-order valence-corrected chi connectivity index (χ4v) is 4.86. The summed E-state index contributed by atoms with van der Waals surface area (Å²) in [5.74, 6) is 0.854. The summed E-state index contributed by atoms with van der Waals surface area (Å²) >= 11 is -1.96. The molecule has 0 amide bonds. The van der Waals surface area contributed by atoms with Gasteiger partial charge in [-0.25, -0.2) is 0 Å². The summed E-state index contributed by atoms with van der Waals surface area (Å²) in [6, 6.07) is 8.66. The van der Waals surface area contributed by atoms with Crippen molar-refractivity contribution in [2.75, 3.05) is 0 Å². The van der Waals surface area contributed by atoms with E-state index in [9.17, 15) is 0 Å². The topological polar surface area (TPSA) is 41.6 Å². The quantitative estimate of drug-likeness (QED) is 0.863. The van der Waals surface area contributed by atoms with Gasteiger partial charge in [0.15, 0.2) is 0 Å². The van der Waals surface area contributed by atoms with Gasteiger partial charge in [0, 0.05) is 0 Å². The van der Waals surface area contributed by atoms with Crippen LogP contribution in [0.4, 0.5) is 0 Å². The SMILES string of the molecule is [CH3][Sn]([CH3])([CH3])[c]1cccc(-c2ncn[nH]2)c1. The second-order valence-electron chi connectivity index (χ2n) is 4.66. The third-order valence-corrected chi connectivity index (χ3v) is 8.25.